The van der Waals surface area contributed by atoms with Crippen LogP contribution in [0.15, 0.2) is 21.9 Å². The van der Waals surface area contributed by atoms with Crippen LogP contribution in [0.3, 0.4) is 0 Å². The molecule has 9 nitrogen and oxygen atoms in total. The lowest BCUT2D eigenvalue weighted by molar-refractivity contribution is -0.239. The van der Waals surface area contributed by atoms with Crippen LogP contribution in [-0.2, 0) is 10.7 Å². The van der Waals surface area contributed by atoms with Crippen LogP contribution in [0.5, 0.6) is 0 Å². The molecule has 0 aromatic carbocycles. The second kappa shape index (κ2) is 5.19. The number of rotatable bonds is 2. The number of ether oxygens (including phenoxy) is 1. The predicted octanol–water partition coefficient (Wildman–Crippen LogP) is -3.60. The summed E-state index contributed by atoms with van der Waals surface area (Å²) >= 11 is 0. The first-order chi connectivity index (χ1) is 8.40. The molecule has 2 rings (SSSR count). The van der Waals surface area contributed by atoms with Crippen LogP contribution >= 0.6 is 0 Å². The Morgan fingerprint density at radius 2 is 2.11 bits per heavy atom. The lowest BCUT2D eigenvalue weighted by atomic mass is 10.1. The van der Waals surface area contributed by atoms with E-state index in [4.69, 9.17) is 5.11 Å². The third-order valence-electron chi connectivity index (χ3n) is 2.72. The highest BCUT2D eigenvalue weighted by Crippen LogP contribution is 2.35. The lowest BCUT2D eigenvalue weighted by Gasteiger charge is -2.24. The topological polar surface area (TPSA) is 156 Å². The number of hydrogen-bond acceptors (Lipinski definition) is 6. The average Bonchev–Trinajstić information content (AvgIpc) is 2.54. The number of aromatic amines is 1. The fourth-order valence-corrected chi connectivity index (χ4v) is 1.77. The van der Waals surface area contributed by atoms with Crippen LogP contribution in [0.1, 0.15) is 0 Å². The first kappa shape index (κ1) is 15.5. The Labute approximate surface area is 104 Å². The molecule has 0 aliphatic carbocycles. The highest BCUT2D eigenvalue weighted by Gasteiger charge is 2.57. The Hall–Kier alpha value is -1.59. The Kier molecular flexibility index (Phi) is 4.22. The minimum atomic E-state index is -3.05. The summed E-state index contributed by atoms with van der Waals surface area (Å²) in [5.74, 6) is -3.05. The maximum atomic E-state index is 14.4. The minimum Gasteiger partial charge on any atom is -0.412 e. The number of alkyl halides is 1. The molecule has 0 spiro atoms. The molecule has 1 aromatic heterocycles. The molecule has 1 aromatic rings. The van der Waals surface area contributed by atoms with Gasteiger partial charge in [0.25, 0.3) is 5.56 Å². The largest absolute Gasteiger partial charge is 0.412 e. The van der Waals surface area contributed by atoms with Gasteiger partial charge in [-0.15, -0.1) is 0 Å². The lowest BCUT2D eigenvalue weighted by Crippen LogP contribution is -2.48. The molecule has 19 heavy (non-hydrogen) atoms. The average molecular weight is 280 g/mol. The molecule has 2 heterocycles. The van der Waals surface area contributed by atoms with Gasteiger partial charge < -0.3 is 25.5 Å². The fourth-order valence-electron chi connectivity index (χ4n) is 1.77. The summed E-state index contributed by atoms with van der Waals surface area (Å²) in [5, 5.41) is 27.8. The smallest absolute Gasteiger partial charge is 0.332 e. The molecule has 0 amide bonds. The summed E-state index contributed by atoms with van der Waals surface area (Å²) in [4.78, 5) is 24.0. The zero-order valence-corrected chi connectivity index (χ0v) is 9.49. The number of aliphatic hydroxyl groups excluding tert-OH is 3. The molecule has 108 valence electrons. The van der Waals surface area contributed by atoms with Crippen LogP contribution in [0.25, 0.3) is 0 Å². The molecule has 0 unspecified atom stereocenters. The van der Waals surface area contributed by atoms with Gasteiger partial charge in [0.05, 0.1) is 6.61 Å². The van der Waals surface area contributed by atoms with Crippen LogP contribution in [-0.4, -0.2) is 55.3 Å². The molecule has 0 radical (unpaired) electrons. The Morgan fingerprint density at radius 1 is 1.47 bits per heavy atom. The first-order valence-corrected chi connectivity index (χ1v) is 5.06. The second-order valence-corrected chi connectivity index (χ2v) is 3.86. The number of halogens is 1. The molecule has 10 heteroatoms. The standard InChI is InChI=1S/C9H11FN2O6.H2O/c10-9(7(16)6(15)4(3-13)18-9)12-2-1-5(14)11-8(12)17;/h1-2,4,6-7,13,15-16H,3H2,(H,11,14,17);1H2/t4-,6-,7-,9+;/m1./s1. The van der Waals surface area contributed by atoms with Crippen LogP contribution in [0.2, 0.25) is 0 Å². The molecule has 0 saturated carbocycles. The van der Waals surface area contributed by atoms with Gasteiger partial charge >= 0.3 is 11.7 Å². The van der Waals surface area contributed by atoms with Gasteiger partial charge in [0.15, 0.2) is 6.10 Å². The summed E-state index contributed by atoms with van der Waals surface area (Å²) in [6.07, 6.45) is -4.35. The Balaban J connectivity index is 0.00000180. The third kappa shape index (κ3) is 2.31. The van der Waals surface area contributed by atoms with Gasteiger partial charge in [0, 0.05) is 12.3 Å². The zero-order valence-electron chi connectivity index (χ0n) is 9.49. The molecular weight excluding hydrogens is 267 g/mol. The zero-order chi connectivity index (χ0) is 13.5. The normalized spacial score (nSPS) is 34.0. The van der Waals surface area contributed by atoms with E-state index < -0.39 is 42.1 Å². The Bertz CT molecular complexity index is 558. The van der Waals surface area contributed by atoms with Crippen molar-refractivity contribution in [3.8, 4) is 0 Å². The van der Waals surface area contributed by atoms with Crippen molar-refractivity contribution in [2.24, 2.45) is 0 Å². The predicted molar refractivity (Wildman–Crippen MR) is 58.0 cm³/mol. The number of aliphatic hydroxyl groups is 3. The number of hydrogen-bond donors (Lipinski definition) is 4. The minimum absolute atomic E-state index is 0. The highest BCUT2D eigenvalue weighted by atomic mass is 19.2. The SMILES string of the molecule is O.O=c1ccn([C@]2(F)O[C@H](CO)[C@@H](O)[C@H]2O)c(=O)[nH]1. The van der Waals surface area contributed by atoms with Crippen molar-refractivity contribution in [3.63, 3.8) is 0 Å². The van der Waals surface area contributed by atoms with Gasteiger partial charge in [-0.2, -0.15) is 4.39 Å². The maximum absolute atomic E-state index is 14.4. The van der Waals surface area contributed by atoms with Gasteiger partial charge in [0.1, 0.15) is 12.2 Å². The number of nitrogens with zero attached hydrogens (tertiary/aromatic N) is 1. The van der Waals surface area contributed by atoms with Gasteiger partial charge in [-0.25, -0.2) is 9.36 Å². The van der Waals surface area contributed by atoms with Crippen molar-refractivity contribution in [3.05, 3.63) is 33.1 Å². The van der Waals surface area contributed by atoms with E-state index in [0.717, 1.165) is 12.3 Å². The van der Waals surface area contributed by atoms with Crippen molar-refractivity contribution >= 4 is 0 Å². The third-order valence-corrected chi connectivity index (χ3v) is 2.72. The molecule has 1 aliphatic heterocycles. The molecule has 1 saturated heterocycles. The summed E-state index contributed by atoms with van der Waals surface area (Å²) in [5.41, 5.74) is -1.89. The molecule has 0 bridgehead atoms. The quantitative estimate of drug-likeness (QED) is 0.438. The van der Waals surface area contributed by atoms with E-state index in [1.165, 1.54) is 0 Å². The fraction of sp³-hybridized carbons (Fsp3) is 0.556. The number of aromatic nitrogens is 2. The summed E-state index contributed by atoms with van der Waals surface area (Å²) in [7, 11) is 0. The van der Waals surface area contributed by atoms with E-state index in [9.17, 15) is 24.2 Å². The monoisotopic (exact) mass is 280 g/mol. The van der Waals surface area contributed by atoms with Crippen molar-refractivity contribution in [2.75, 3.05) is 6.61 Å². The van der Waals surface area contributed by atoms with Gasteiger partial charge in [0.2, 0.25) is 0 Å². The van der Waals surface area contributed by atoms with Crippen molar-refractivity contribution in [2.45, 2.75) is 24.3 Å². The van der Waals surface area contributed by atoms with Crippen LogP contribution in [0.4, 0.5) is 4.39 Å². The van der Waals surface area contributed by atoms with E-state index in [1.807, 2.05) is 0 Å². The summed E-state index contributed by atoms with van der Waals surface area (Å²) < 4.78 is 19.4. The molecule has 4 atom stereocenters. The molecular formula is C9H13FN2O7. The van der Waals surface area contributed by atoms with Gasteiger partial charge in [-0.1, -0.05) is 0 Å². The van der Waals surface area contributed by atoms with E-state index in [0.29, 0.717) is 4.57 Å². The van der Waals surface area contributed by atoms with E-state index in [2.05, 4.69) is 4.74 Å². The molecule has 1 aliphatic rings. The van der Waals surface area contributed by atoms with Crippen LogP contribution < -0.4 is 11.2 Å². The Morgan fingerprint density at radius 3 is 2.58 bits per heavy atom. The molecule has 1 fully saturated rings. The van der Waals surface area contributed by atoms with Crippen molar-refractivity contribution in [1.29, 1.82) is 0 Å². The van der Waals surface area contributed by atoms with Crippen LogP contribution in [0, 0.1) is 0 Å². The summed E-state index contributed by atoms with van der Waals surface area (Å²) in [6, 6.07) is 0.859. The van der Waals surface area contributed by atoms with Crippen molar-refractivity contribution < 1.29 is 29.9 Å². The highest BCUT2D eigenvalue weighted by molar-refractivity contribution is 4.96. The second-order valence-electron chi connectivity index (χ2n) is 3.86. The first-order valence-electron chi connectivity index (χ1n) is 5.06. The van der Waals surface area contributed by atoms with E-state index in [1.54, 1.807) is 4.98 Å². The van der Waals surface area contributed by atoms with Crippen molar-refractivity contribution in [1.82, 2.24) is 9.55 Å². The van der Waals surface area contributed by atoms with E-state index >= 15 is 0 Å². The summed E-state index contributed by atoms with van der Waals surface area (Å²) in [6.45, 7) is -0.734. The van der Waals surface area contributed by atoms with E-state index in [-0.39, 0.29) is 5.48 Å². The van der Waals surface area contributed by atoms with Gasteiger partial charge in [-0.05, 0) is 0 Å². The molecule has 6 N–H and O–H groups in total. The van der Waals surface area contributed by atoms with Gasteiger partial charge in [-0.3, -0.25) is 9.78 Å². The number of nitrogens with one attached hydrogen (secondary N) is 1. The maximum Gasteiger partial charge on any atom is 0.332 e. The number of H-pyrrole nitrogens is 1.